The predicted octanol–water partition coefficient (Wildman–Crippen LogP) is 2.80. The molecule has 0 N–H and O–H groups in total. The van der Waals surface area contributed by atoms with Gasteiger partial charge < -0.3 is 4.90 Å². The molecule has 5 heteroatoms. The summed E-state index contributed by atoms with van der Waals surface area (Å²) in [6, 6.07) is 0. The monoisotopic (exact) mass is 231 g/mol. The molecule has 1 aliphatic heterocycles. The second kappa shape index (κ2) is 4.55. The Labute approximate surface area is 91.7 Å². The molecule has 88 valence electrons. The highest BCUT2D eigenvalue weighted by atomic mass is 19.4. The summed E-state index contributed by atoms with van der Waals surface area (Å²) in [6.45, 7) is 6.95. The molecule has 0 aromatic rings. The highest BCUT2D eigenvalue weighted by Gasteiger charge is 2.30. The van der Waals surface area contributed by atoms with Gasteiger partial charge in [-0.25, -0.2) is 0 Å². The second-order valence-corrected chi connectivity index (χ2v) is 3.50. The number of likely N-dealkylation sites (tertiary alicyclic amines) is 1. The van der Waals surface area contributed by atoms with E-state index in [2.05, 4.69) is 13.2 Å². The highest BCUT2D eigenvalue weighted by molar-refractivity contribution is 5.80. The van der Waals surface area contributed by atoms with Crippen molar-refractivity contribution in [3.8, 4) is 0 Å². The van der Waals surface area contributed by atoms with Crippen LogP contribution >= 0.6 is 0 Å². The molecule has 2 nitrogen and oxygen atoms in total. The van der Waals surface area contributed by atoms with Gasteiger partial charge >= 0.3 is 6.18 Å². The normalized spacial score (nSPS) is 17.2. The summed E-state index contributed by atoms with van der Waals surface area (Å²) in [7, 11) is 0. The summed E-state index contributed by atoms with van der Waals surface area (Å²) in [4.78, 5) is 12.6. The van der Waals surface area contributed by atoms with Crippen LogP contribution in [0.2, 0.25) is 0 Å². The maximum absolute atomic E-state index is 12.1. The zero-order valence-corrected chi connectivity index (χ0v) is 8.68. The van der Waals surface area contributed by atoms with Crippen LogP contribution in [-0.2, 0) is 4.79 Å². The summed E-state index contributed by atoms with van der Waals surface area (Å²) >= 11 is 0. The van der Waals surface area contributed by atoms with Gasteiger partial charge in [0.2, 0.25) is 5.91 Å². The summed E-state index contributed by atoms with van der Waals surface area (Å²) < 4.78 is 36.3. The van der Waals surface area contributed by atoms with Gasteiger partial charge in [0, 0.05) is 24.2 Å². The molecule has 16 heavy (non-hydrogen) atoms. The Kier molecular flexibility index (Phi) is 3.57. The number of carbonyl (C=O) groups excluding carboxylic acids is 1. The molecule has 1 amide bonds. The van der Waals surface area contributed by atoms with Crippen LogP contribution in [0.1, 0.15) is 12.8 Å². The van der Waals surface area contributed by atoms with Crippen molar-refractivity contribution in [2.24, 2.45) is 0 Å². The maximum Gasteiger partial charge on any atom is 0.415 e. The number of amides is 1. The first-order chi connectivity index (χ1) is 7.32. The van der Waals surface area contributed by atoms with Gasteiger partial charge in [0.15, 0.2) is 0 Å². The minimum atomic E-state index is -4.44. The van der Waals surface area contributed by atoms with E-state index in [0.717, 1.165) is 6.08 Å². The Hall–Kier alpha value is -1.52. The van der Waals surface area contributed by atoms with E-state index in [1.165, 1.54) is 11.0 Å². The molecule has 1 saturated heterocycles. The lowest BCUT2D eigenvalue weighted by Crippen LogP contribution is -2.22. The van der Waals surface area contributed by atoms with Gasteiger partial charge in [0.25, 0.3) is 0 Å². The van der Waals surface area contributed by atoms with Crippen LogP contribution in [0.15, 0.2) is 36.6 Å². The molecule has 0 bridgehead atoms. The van der Waals surface area contributed by atoms with Crippen molar-refractivity contribution in [3.05, 3.63) is 36.6 Å². The van der Waals surface area contributed by atoms with Crippen LogP contribution in [0.4, 0.5) is 13.2 Å². The molecule has 0 aromatic heterocycles. The molecule has 1 rings (SSSR count). The second-order valence-electron chi connectivity index (χ2n) is 3.50. The summed E-state index contributed by atoms with van der Waals surface area (Å²) in [5, 5.41) is 0. The number of halogens is 3. The van der Waals surface area contributed by atoms with Crippen LogP contribution in [0.3, 0.4) is 0 Å². The molecule has 0 saturated carbocycles. The van der Waals surface area contributed by atoms with Crippen molar-refractivity contribution in [3.63, 3.8) is 0 Å². The van der Waals surface area contributed by atoms with Crippen LogP contribution in [0.5, 0.6) is 0 Å². The van der Waals surface area contributed by atoms with Crippen LogP contribution in [-0.4, -0.2) is 23.5 Å². The zero-order chi connectivity index (χ0) is 12.3. The van der Waals surface area contributed by atoms with E-state index in [1.807, 2.05) is 0 Å². The van der Waals surface area contributed by atoms with E-state index >= 15 is 0 Å². The minimum absolute atomic E-state index is 0.104. The molecule has 0 radical (unpaired) electrons. The number of nitrogens with zero attached hydrogens (tertiary/aromatic N) is 1. The first kappa shape index (κ1) is 12.5. The van der Waals surface area contributed by atoms with Gasteiger partial charge in [-0.3, -0.25) is 4.79 Å². The molecule has 1 aliphatic rings. The number of rotatable bonds is 3. The fourth-order valence-corrected chi connectivity index (χ4v) is 1.33. The first-order valence-electron chi connectivity index (χ1n) is 4.76. The van der Waals surface area contributed by atoms with Gasteiger partial charge in [-0.1, -0.05) is 13.2 Å². The molecule has 0 spiro atoms. The average Bonchev–Trinajstić information content (AvgIpc) is 2.58. The third-order valence-electron chi connectivity index (χ3n) is 2.26. The minimum Gasteiger partial charge on any atom is -0.313 e. The number of allylic oxidation sites excluding steroid dienone is 3. The van der Waals surface area contributed by atoms with Crippen molar-refractivity contribution in [1.82, 2.24) is 4.90 Å². The van der Waals surface area contributed by atoms with Crippen molar-refractivity contribution in [1.29, 1.82) is 0 Å². The highest BCUT2D eigenvalue weighted by Crippen LogP contribution is 2.25. The molecular formula is C11H12F3NO. The van der Waals surface area contributed by atoms with Crippen LogP contribution < -0.4 is 0 Å². The summed E-state index contributed by atoms with van der Waals surface area (Å²) in [5.41, 5.74) is -0.687. The molecular weight excluding hydrogens is 219 g/mol. The maximum atomic E-state index is 12.1. The van der Waals surface area contributed by atoms with Gasteiger partial charge in [0.1, 0.15) is 0 Å². The summed E-state index contributed by atoms with van der Waals surface area (Å²) in [5.74, 6) is -0.104. The Morgan fingerprint density at radius 1 is 1.31 bits per heavy atom. The number of carbonyl (C=O) groups is 1. The quantitative estimate of drug-likeness (QED) is 0.684. The number of hydrogen-bond acceptors (Lipinski definition) is 1. The van der Waals surface area contributed by atoms with Gasteiger partial charge in [-0.05, 0) is 18.6 Å². The van der Waals surface area contributed by atoms with Gasteiger partial charge in [0.05, 0.1) is 0 Å². The molecule has 1 heterocycles. The zero-order valence-electron chi connectivity index (χ0n) is 8.68. The Morgan fingerprint density at radius 2 is 1.94 bits per heavy atom. The van der Waals surface area contributed by atoms with E-state index in [9.17, 15) is 18.0 Å². The van der Waals surface area contributed by atoms with Crippen LogP contribution in [0, 0.1) is 0 Å². The van der Waals surface area contributed by atoms with Crippen molar-refractivity contribution < 1.29 is 18.0 Å². The van der Waals surface area contributed by atoms with E-state index in [-0.39, 0.29) is 11.6 Å². The van der Waals surface area contributed by atoms with E-state index in [1.54, 1.807) is 0 Å². The SMILES string of the molecule is C=C(/C=C\C(=C)C(F)(F)F)N1CCCC1=O. The number of alkyl halides is 3. The van der Waals surface area contributed by atoms with E-state index in [0.29, 0.717) is 19.4 Å². The number of hydrogen-bond donors (Lipinski definition) is 0. The average molecular weight is 231 g/mol. The fourth-order valence-electron chi connectivity index (χ4n) is 1.33. The lowest BCUT2D eigenvalue weighted by Gasteiger charge is -2.15. The predicted molar refractivity (Wildman–Crippen MR) is 54.4 cm³/mol. The Balaban J connectivity index is 2.61. The molecule has 0 unspecified atom stereocenters. The first-order valence-corrected chi connectivity index (χ1v) is 4.76. The Bertz CT molecular complexity index is 355. The topological polar surface area (TPSA) is 20.3 Å². The smallest absolute Gasteiger partial charge is 0.313 e. The van der Waals surface area contributed by atoms with Crippen molar-refractivity contribution in [2.45, 2.75) is 19.0 Å². The van der Waals surface area contributed by atoms with Crippen molar-refractivity contribution in [2.75, 3.05) is 6.54 Å². The largest absolute Gasteiger partial charge is 0.415 e. The lowest BCUT2D eigenvalue weighted by atomic mass is 10.2. The molecule has 0 aliphatic carbocycles. The third kappa shape index (κ3) is 2.98. The van der Waals surface area contributed by atoms with Gasteiger partial charge in [-0.2, -0.15) is 13.2 Å². The molecule has 1 fully saturated rings. The third-order valence-corrected chi connectivity index (χ3v) is 2.26. The standard InChI is InChI=1S/C11H12F3NO/c1-8(11(12,13)14)5-6-9(2)15-7-3-4-10(15)16/h5-6H,1-4,7H2/b6-5-. The summed E-state index contributed by atoms with van der Waals surface area (Å²) in [6.07, 6.45) is -1.31. The van der Waals surface area contributed by atoms with Crippen molar-refractivity contribution >= 4 is 5.91 Å². The van der Waals surface area contributed by atoms with Crippen LogP contribution in [0.25, 0.3) is 0 Å². The fraction of sp³-hybridized carbons (Fsp3) is 0.364. The Morgan fingerprint density at radius 3 is 2.38 bits per heavy atom. The molecule has 0 atom stereocenters. The lowest BCUT2D eigenvalue weighted by molar-refractivity contribution is -0.125. The molecule has 0 aromatic carbocycles. The van der Waals surface area contributed by atoms with Gasteiger partial charge in [-0.15, -0.1) is 0 Å². The van der Waals surface area contributed by atoms with E-state index < -0.39 is 11.7 Å². The van der Waals surface area contributed by atoms with E-state index in [4.69, 9.17) is 0 Å².